The van der Waals surface area contributed by atoms with E-state index in [4.69, 9.17) is 26.3 Å². The summed E-state index contributed by atoms with van der Waals surface area (Å²) in [7, 11) is 0. The van der Waals surface area contributed by atoms with E-state index in [2.05, 4.69) is 21.3 Å². The maximum absolute atomic E-state index is 14.5. The molecule has 1 aromatic heterocycles. The molecule has 2 saturated heterocycles. The van der Waals surface area contributed by atoms with Crippen molar-refractivity contribution in [2.75, 3.05) is 68.8 Å². The average molecular weight is 627 g/mol. The highest BCUT2D eigenvalue weighted by molar-refractivity contribution is 6.36. The summed E-state index contributed by atoms with van der Waals surface area (Å²) in [5.74, 6) is -1.36. The first-order chi connectivity index (χ1) is 21.2. The number of fused-ring (bicyclic) bond motifs is 2. The molecule has 0 atom stereocenters. The van der Waals surface area contributed by atoms with Gasteiger partial charge in [0.1, 0.15) is 17.8 Å². The summed E-state index contributed by atoms with van der Waals surface area (Å²) < 4.78 is 47.7. The van der Waals surface area contributed by atoms with Crippen LogP contribution in [0.25, 0.3) is 10.8 Å². The number of likely N-dealkylation sites (tertiary alicyclic amines) is 1. The number of rotatable bonds is 8. The Morgan fingerprint density at radius 2 is 1.84 bits per heavy atom. The van der Waals surface area contributed by atoms with Gasteiger partial charge in [0.05, 0.1) is 23.9 Å². The van der Waals surface area contributed by atoms with Crippen molar-refractivity contribution in [3.63, 3.8) is 0 Å². The average Bonchev–Trinajstić information content (AvgIpc) is 3.79. The summed E-state index contributed by atoms with van der Waals surface area (Å²) in [5, 5.41) is 1.61. The molecule has 1 amide bonds. The molecule has 4 aliphatic rings. The number of hydrogen-bond donors (Lipinski definition) is 0. The molecule has 44 heavy (non-hydrogen) atoms. The number of ether oxygens (including phenoxy) is 1. The van der Waals surface area contributed by atoms with Crippen LogP contribution in [-0.2, 0) is 17.8 Å². The molecule has 7 rings (SSSR count). The van der Waals surface area contributed by atoms with Gasteiger partial charge in [-0.25, -0.2) is 13.2 Å². The molecule has 8 nitrogen and oxygen atoms in total. The van der Waals surface area contributed by atoms with E-state index in [1.807, 2.05) is 18.2 Å². The quantitative estimate of drug-likeness (QED) is 0.329. The minimum Gasteiger partial charge on any atom is -0.463 e. The Morgan fingerprint density at radius 1 is 1.07 bits per heavy atom. The highest BCUT2D eigenvalue weighted by Crippen LogP contribution is 2.47. The van der Waals surface area contributed by atoms with Crippen LogP contribution in [0, 0.1) is 11.2 Å². The molecule has 3 aromatic rings. The van der Waals surface area contributed by atoms with Crippen LogP contribution in [0.4, 0.5) is 24.7 Å². The van der Waals surface area contributed by atoms with E-state index in [0.717, 1.165) is 47.5 Å². The second-order valence-electron chi connectivity index (χ2n) is 12.4. The van der Waals surface area contributed by atoms with Crippen LogP contribution in [0.1, 0.15) is 24.1 Å². The molecular weight excluding hydrogens is 593 g/mol. The standard InChI is InChI=1S/C32H34ClF3N6O2/c1-20(34)30(43)41-13-11-40(12-14-41)29-23-7-10-42(26-4-2-3-21-5-6-24(36)28(33)27(21)26)17-25(23)37-31(38-29)44-19-32(8-9-32)18-39-15-22(35)16-39/h2-6,22H,1,7-19H2. The largest absolute Gasteiger partial charge is 0.463 e. The summed E-state index contributed by atoms with van der Waals surface area (Å²) in [5.41, 5.74) is 2.62. The highest BCUT2D eigenvalue weighted by Gasteiger charge is 2.47. The molecule has 1 aliphatic carbocycles. The number of aromatic nitrogens is 2. The Morgan fingerprint density at radius 3 is 2.55 bits per heavy atom. The van der Waals surface area contributed by atoms with Gasteiger partial charge >= 0.3 is 6.01 Å². The Kier molecular flexibility index (Phi) is 7.56. The van der Waals surface area contributed by atoms with Crippen LogP contribution in [0.3, 0.4) is 0 Å². The van der Waals surface area contributed by atoms with Gasteiger partial charge in [0.25, 0.3) is 5.91 Å². The molecule has 1 saturated carbocycles. The number of alkyl halides is 1. The summed E-state index contributed by atoms with van der Waals surface area (Å²) in [6.45, 7) is 8.09. The van der Waals surface area contributed by atoms with Gasteiger partial charge in [0.15, 0.2) is 5.83 Å². The second kappa shape index (κ2) is 11.4. The predicted molar refractivity (Wildman–Crippen MR) is 163 cm³/mol. The molecule has 0 unspecified atom stereocenters. The van der Waals surface area contributed by atoms with Crippen molar-refractivity contribution in [1.82, 2.24) is 19.8 Å². The fourth-order valence-corrected chi connectivity index (χ4v) is 6.89. The number of benzene rings is 2. The summed E-state index contributed by atoms with van der Waals surface area (Å²) in [6.07, 6.45) is 1.92. The minimum atomic E-state index is -0.962. The maximum atomic E-state index is 14.5. The normalized spacial score (nSPS) is 20.0. The predicted octanol–water partition coefficient (Wildman–Crippen LogP) is 4.93. The Bertz CT molecular complexity index is 1620. The van der Waals surface area contributed by atoms with Crippen LogP contribution < -0.4 is 14.5 Å². The zero-order chi connectivity index (χ0) is 30.6. The van der Waals surface area contributed by atoms with Crippen LogP contribution in [-0.4, -0.2) is 90.8 Å². The van der Waals surface area contributed by atoms with E-state index in [1.54, 1.807) is 6.07 Å². The van der Waals surface area contributed by atoms with Crippen molar-refractivity contribution >= 4 is 39.8 Å². The smallest absolute Gasteiger partial charge is 0.318 e. The number of carbonyl (C=O) groups is 1. The third-order valence-electron chi connectivity index (χ3n) is 9.31. The molecule has 232 valence electrons. The van der Waals surface area contributed by atoms with E-state index in [-0.39, 0.29) is 16.4 Å². The Labute approximate surface area is 259 Å². The number of carbonyl (C=O) groups excluding carboxylic acids is 1. The van der Waals surface area contributed by atoms with Gasteiger partial charge in [-0.2, -0.15) is 9.97 Å². The topological polar surface area (TPSA) is 65.0 Å². The SMILES string of the molecule is C=C(F)C(=O)N1CCN(c2nc(OCC3(CN4CC(F)C4)CC3)nc3c2CCN(c2cccc4ccc(F)c(Cl)c24)C3)CC1. The number of nitrogens with zero attached hydrogens (tertiary/aromatic N) is 6. The lowest BCUT2D eigenvalue weighted by molar-refractivity contribution is -0.128. The van der Waals surface area contributed by atoms with Gasteiger partial charge < -0.3 is 19.4 Å². The monoisotopic (exact) mass is 626 g/mol. The molecule has 4 heterocycles. The number of halogens is 4. The second-order valence-corrected chi connectivity index (χ2v) is 12.8. The number of amides is 1. The van der Waals surface area contributed by atoms with Gasteiger partial charge in [-0.15, -0.1) is 0 Å². The van der Waals surface area contributed by atoms with Gasteiger partial charge in [0, 0.05) is 74.4 Å². The van der Waals surface area contributed by atoms with Crippen LogP contribution in [0.5, 0.6) is 6.01 Å². The summed E-state index contributed by atoms with van der Waals surface area (Å²) >= 11 is 6.47. The van der Waals surface area contributed by atoms with Crippen molar-refractivity contribution in [3.05, 3.63) is 64.8 Å². The van der Waals surface area contributed by atoms with Crippen LogP contribution in [0.2, 0.25) is 5.02 Å². The molecule has 0 spiro atoms. The van der Waals surface area contributed by atoms with Gasteiger partial charge in [-0.1, -0.05) is 36.4 Å². The zero-order valence-electron chi connectivity index (χ0n) is 24.4. The third kappa shape index (κ3) is 5.56. The molecule has 12 heteroatoms. The molecule has 0 N–H and O–H groups in total. The highest BCUT2D eigenvalue weighted by atomic mass is 35.5. The van der Waals surface area contributed by atoms with Crippen LogP contribution in [0.15, 0.2) is 42.7 Å². The first-order valence-corrected chi connectivity index (χ1v) is 15.5. The van der Waals surface area contributed by atoms with Gasteiger partial charge in [0.2, 0.25) is 0 Å². The fraction of sp³-hybridized carbons (Fsp3) is 0.469. The van der Waals surface area contributed by atoms with Gasteiger partial charge in [-0.3, -0.25) is 9.69 Å². The third-order valence-corrected chi connectivity index (χ3v) is 9.68. The van der Waals surface area contributed by atoms with E-state index < -0.39 is 23.7 Å². The Hall–Kier alpha value is -3.57. The van der Waals surface area contributed by atoms with Crippen molar-refractivity contribution in [1.29, 1.82) is 0 Å². The molecular formula is C32H34ClF3N6O2. The molecule has 3 fully saturated rings. The molecule has 0 radical (unpaired) electrons. The zero-order valence-corrected chi connectivity index (χ0v) is 25.1. The lowest BCUT2D eigenvalue weighted by Crippen LogP contribution is -2.51. The van der Waals surface area contributed by atoms with Crippen molar-refractivity contribution in [2.45, 2.75) is 32.0 Å². The summed E-state index contributed by atoms with van der Waals surface area (Å²) in [4.78, 5) is 29.8. The minimum absolute atomic E-state index is 0.0177. The Balaban J connectivity index is 1.17. The summed E-state index contributed by atoms with van der Waals surface area (Å²) in [6, 6.07) is 9.18. The van der Waals surface area contributed by atoms with Crippen molar-refractivity contribution in [3.8, 4) is 6.01 Å². The first kappa shape index (κ1) is 29.2. The number of piperazine rings is 1. The van der Waals surface area contributed by atoms with Gasteiger partial charge in [-0.05, 0) is 36.8 Å². The number of anilines is 2. The maximum Gasteiger partial charge on any atom is 0.318 e. The lowest BCUT2D eigenvalue weighted by Gasteiger charge is -2.38. The molecule has 0 bridgehead atoms. The van der Waals surface area contributed by atoms with Crippen molar-refractivity contribution in [2.24, 2.45) is 5.41 Å². The van der Waals surface area contributed by atoms with E-state index in [9.17, 15) is 18.0 Å². The first-order valence-electron chi connectivity index (χ1n) is 15.1. The number of hydrogen-bond acceptors (Lipinski definition) is 7. The molecule has 2 aromatic carbocycles. The fourth-order valence-electron chi connectivity index (χ4n) is 6.62. The van der Waals surface area contributed by atoms with Crippen molar-refractivity contribution < 1.29 is 22.7 Å². The molecule has 3 aliphatic heterocycles. The van der Waals surface area contributed by atoms with E-state index >= 15 is 0 Å². The van der Waals surface area contributed by atoms with Crippen LogP contribution >= 0.6 is 11.6 Å². The van der Waals surface area contributed by atoms with E-state index in [0.29, 0.717) is 70.8 Å². The lowest BCUT2D eigenvalue weighted by atomic mass is 10.0. The van der Waals surface area contributed by atoms with E-state index in [1.165, 1.54) is 11.0 Å².